The molecule has 0 amide bonds. The summed E-state index contributed by atoms with van der Waals surface area (Å²) in [5, 5.41) is 8.48. The minimum absolute atomic E-state index is 0.243. The normalized spacial score (nSPS) is 23.2. The van der Waals surface area contributed by atoms with Crippen LogP contribution in [0.2, 0.25) is 0 Å². The summed E-state index contributed by atoms with van der Waals surface area (Å²) in [5.41, 5.74) is 0. The summed E-state index contributed by atoms with van der Waals surface area (Å²) >= 11 is 0. The molecule has 1 heterocycles. The number of hydrogen-bond donors (Lipinski definition) is 1. The molecule has 4 nitrogen and oxygen atoms in total. The lowest BCUT2D eigenvalue weighted by Crippen LogP contribution is -2.50. The third-order valence-corrected chi connectivity index (χ3v) is 2.67. The topological polar surface area (TPSA) is 43.8 Å². The Morgan fingerprint density at radius 1 is 1.69 bits per heavy atom. The largest absolute Gasteiger partial charge is 0.481 e. The summed E-state index contributed by atoms with van der Waals surface area (Å²) in [7, 11) is 4.09. The number of hydrogen-bond acceptors (Lipinski definition) is 3. The zero-order valence-electron chi connectivity index (χ0n) is 8.36. The number of rotatable bonds is 5. The molecule has 0 radical (unpaired) electrons. The monoisotopic (exact) mass is 186 g/mol. The second-order valence-electron chi connectivity index (χ2n) is 3.83. The summed E-state index contributed by atoms with van der Waals surface area (Å²) in [5.74, 6) is -0.714. The molecule has 0 aromatic carbocycles. The zero-order chi connectivity index (χ0) is 9.84. The fraction of sp³-hybridized carbons (Fsp3) is 0.889. The van der Waals surface area contributed by atoms with Crippen molar-refractivity contribution < 1.29 is 9.90 Å². The molecule has 1 N–H and O–H groups in total. The number of aliphatic carboxylic acids is 1. The fourth-order valence-corrected chi connectivity index (χ4v) is 1.54. The van der Waals surface area contributed by atoms with E-state index in [1.165, 1.54) is 13.0 Å². The maximum absolute atomic E-state index is 10.3. The highest BCUT2D eigenvalue weighted by Gasteiger charge is 2.24. The van der Waals surface area contributed by atoms with E-state index in [-0.39, 0.29) is 6.42 Å². The maximum atomic E-state index is 10.3. The molecule has 76 valence electrons. The second kappa shape index (κ2) is 4.58. The number of likely N-dealkylation sites (tertiary alicyclic amines) is 1. The van der Waals surface area contributed by atoms with E-state index in [0.29, 0.717) is 12.6 Å². The zero-order valence-corrected chi connectivity index (χ0v) is 8.36. The molecule has 1 unspecified atom stereocenters. The lowest BCUT2D eigenvalue weighted by Gasteiger charge is -2.40. The number of carboxylic acids is 1. The van der Waals surface area contributed by atoms with Crippen molar-refractivity contribution in [2.75, 3.05) is 33.7 Å². The van der Waals surface area contributed by atoms with Crippen LogP contribution in [0.25, 0.3) is 0 Å². The van der Waals surface area contributed by atoms with Crippen LogP contribution in [0.3, 0.4) is 0 Å². The van der Waals surface area contributed by atoms with E-state index in [1.54, 1.807) is 0 Å². The summed E-state index contributed by atoms with van der Waals surface area (Å²) in [6.07, 6.45) is 1.49. The molecule has 0 aromatic heterocycles. The van der Waals surface area contributed by atoms with Crippen LogP contribution in [0.5, 0.6) is 0 Å². The van der Waals surface area contributed by atoms with Gasteiger partial charge in [0.15, 0.2) is 0 Å². The quantitative estimate of drug-likeness (QED) is 0.661. The molecule has 13 heavy (non-hydrogen) atoms. The predicted molar refractivity (Wildman–Crippen MR) is 50.8 cm³/mol. The Balaban J connectivity index is 2.10. The highest BCUT2D eigenvalue weighted by atomic mass is 16.4. The molecular weight excluding hydrogens is 168 g/mol. The molecule has 0 spiro atoms. The van der Waals surface area contributed by atoms with Gasteiger partial charge < -0.3 is 14.9 Å². The second-order valence-corrected chi connectivity index (χ2v) is 3.83. The summed E-state index contributed by atoms with van der Waals surface area (Å²) < 4.78 is 0. The lowest BCUT2D eigenvalue weighted by molar-refractivity contribution is -0.137. The molecule has 1 fully saturated rings. The number of carboxylic acid groups (broad SMARTS) is 1. The van der Waals surface area contributed by atoms with Crippen LogP contribution < -0.4 is 0 Å². The van der Waals surface area contributed by atoms with Gasteiger partial charge in [0.2, 0.25) is 0 Å². The first-order valence-electron chi connectivity index (χ1n) is 4.70. The van der Waals surface area contributed by atoms with Crippen LogP contribution >= 0.6 is 0 Å². The van der Waals surface area contributed by atoms with Crippen LogP contribution in [-0.4, -0.2) is 60.6 Å². The Labute approximate surface area is 79.1 Å². The molecule has 1 aliphatic rings. The van der Waals surface area contributed by atoms with Crippen molar-refractivity contribution in [3.05, 3.63) is 0 Å². The highest BCUT2D eigenvalue weighted by Crippen LogP contribution is 2.14. The van der Waals surface area contributed by atoms with Crippen molar-refractivity contribution in [2.24, 2.45) is 0 Å². The SMILES string of the molecule is CN(CCC(=O)O)CC1CCN1C. The average molecular weight is 186 g/mol. The van der Waals surface area contributed by atoms with Crippen molar-refractivity contribution >= 4 is 5.97 Å². The number of carbonyl (C=O) groups is 1. The van der Waals surface area contributed by atoms with Crippen molar-refractivity contribution in [3.63, 3.8) is 0 Å². The Bertz CT molecular complexity index is 184. The van der Waals surface area contributed by atoms with Crippen molar-refractivity contribution in [1.82, 2.24) is 9.80 Å². The van der Waals surface area contributed by atoms with Crippen LogP contribution in [0.4, 0.5) is 0 Å². The highest BCUT2D eigenvalue weighted by molar-refractivity contribution is 5.66. The molecule has 1 rings (SSSR count). The number of nitrogens with zero attached hydrogens (tertiary/aromatic N) is 2. The van der Waals surface area contributed by atoms with Gasteiger partial charge in [-0.25, -0.2) is 0 Å². The standard InChI is InChI=1S/C9H18N2O2/c1-10(5-4-9(12)13)7-8-3-6-11(8)2/h8H,3-7H2,1-2H3,(H,12,13). The van der Waals surface area contributed by atoms with E-state index < -0.39 is 5.97 Å². The number of likely N-dealkylation sites (N-methyl/N-ethyl adjacent to an activating group) is 2. The summed E-state index contributed by atoms with van der Waals surface area (Å²) in [6, 6.07) is 0.638. The molecule has 0 saturated carbocycles. The molecule has 0 aliphatic carbocycles. The van der Waals surface area contributed by atoms with Crippen LogP contribution in [0, 0.1) is 0 Å². The molecule has 1 aliphatic heterocycles. The molecule has 0 aromatic rings. The van der Waals surface area contributed by atoms with Crippen molar-refractivity contribution in [3.8, 4) is 0 Å². The van der Waals surface area contributed by atoms with Gasteiger partial charge in [-0.1, -0.05) is 0 Å². The predicted octanol–water partition coefficient (Wildman–Crippen LogP) is 0.0970. The third kappa shape index (κ3) is 3.32. The minimum Gasteiger partial charge on any atom is -0.481 e. The fourth-order valence-electron chi connectivity index (χ4n) is 1.54. The van der Waals surface area contributed by atoms with Gasteiger partial charge in [0.1, 0.15) is 0 Å². The first-order chi connectivity index (χ1) is 6.09. The molecule has 1 saturated heterocycles. The van der Waals surface area contributed by atoms with E-state index in [1.807, 2.05) is 7.05 Å². The first kappa shape index (κ1) is 10.5. The smallest absolute Gasteiger partial charge is 0.304 e. The first-order valence-corrected chi connectivity index (χ1v) is 4.70. The van der Waals surface area contributed by atoms with Gasteiger partial charge in [0.05, 0.1) is 6.42 Å². The van der Waals surface area contributed by atoms with E-state index in [4.69, 9.17) is 5.11 Å². The van der Waals surface area contributed by atoms with Gasteiger partial charge in [-0.3, -0.25) is 4.79 Å². The van der Waals surface area contributed by atoms with Crippen molar-refractivity contribution in [2.45, 2.75) is 18.9 Å². The minimum atomic E-state index is -0.714. The van der Waals surface area contributed by atoms with E-state index in [9.17, 15) is 4.79 Å². The summed E-state index contributed by atoms with van der Waals surface area (Å²) in [4.78, 5) is 14.7. The lowest BCUT2D eigenvalue weighted by atomic mass is 10.0. The van der Waals surface area contributed by atoms with Gasteiger partial charge in [-0.15, -0.1) is 0 Å². The Morgan fingerprint density at radius 2 is 2.38 bits per heavy atom. The molecular formula is C9H18N2O2. The molecule has 1 atom stereocenters. The Kier molecular flexibility index (Phi) is 3.69. The maximum Gasteiger partial charge on any atom is 0.304 e. The van der Waals surface area contributed by atoms with E-state index in [2.05, 4.69) is 16.8 Å². The Hall–Kier alpha value is -0.610. The van der Waals surface area contributed by atoms with Gasteiger partial charge >= 0.3 is 5.97 Å². The van der Waals surface area contributed by atoms with Crippen molar-refractivity contribution in [1.29, 1.82) is 0 Å². The Morgan fingerprint density at radius 3 is 2.77 bits per heavy atom. The van der Waals surface area contributed by atoms with Gasteiger partial charge in [-0.2, -0.15) is 0 Å². The van der Waals surface area contributed by atoms with Gasteiger partial charge in [0.25, 0.3) is 0 Å². The molecule has 4 heteroatoms. The molecule has 0 bridgehead atoms. The third-order valence-electron chi connectivity index (χ3n) is 2.67. The van der Waals surface area contributed by atoms with Crippen LogP contribution in [0.1, 0.15) is 12.8 Å². The van der Waals surface area contributed by atoms with Crippen LogP contribution in [0.15, 0.2) is 0 Å². The summed E-state index contributed by atoms with van der Waals surface area (Å²) in [6.45, 7) is 2.82. The van der Waals surface area contributed by atoms with E-state index >= 15 is 0 Å². The average Bonchev–Trinajstić information content (AvgIpc) is 2.08. The van der Waals surface area contributed by atoms with Gasteiger partial charge in [0, 0.05) is 19.1 Å². The van der Waals surface area contributed by atoms with Gasteiger partial charge in [-0.05, 0) is 27.1 Å². The van der Waals surface area contributed by atoms with Crippen LogP contribution in [-0.2, 0) is 4.79 Å². The van der Waals surface area contributed by atoms with E-state index in [0.717, 1.165) is 6.54 Å².